The predicted octanol–water partition coefficient (Wildman–Crippen LogP) is 2.25. The summed E-state index contributed by atoms with van der Waals surface area (Å²) < 4.78 is 4.88. The number of benzene rings is 1. The summed E-state index contributed by atoms with van der Waals surface area (Å²) >= 11 is 1.64. The Morgan fingerprint density at radius 1 is 1.47 bits per heavy atom. The number of thioether (sulfide) groups is 1. The molecule has 0 aliphatic heterocycles. The highest BCUT2D eigenvalue weighted by Gasteiger charge is 2.02. The van der Waals surface area contributed by atoms with Gasteiger partial charge in [0.05, 0.1) is 5.75 Å². The van der Waals surface area contributed by atoms with Crippen LogP contribution in [0.25, 0.3) is 0 Å². The highest BCUT2D eigenvalue weighted by molar-refractivity contribution is 7.98. The number of nitrogens with two attached hydrogens (primary N) is 1. The number of rotatable bonds is 3. The van der Waals surface area contributed by atoms with Crippen molar-refractivity contribution in [3.8, 4) is 0 Å². The summed E-state index contributed by atoms with van der Waals surface area (Å²) in [5, 5.41) is 3.82. The first-order chi connectivity index (χ1) is 7.24. The first-order valence-electron chi connectivity index (χ1n) is 4.51. The van der Waals surface area contributed by atoms with Crippen molar-refractivity contribution in [3.05, 3.63) is 36.0 Å². The molecule has 0 unspecified atom stereocenters. The molecule has 0 radical (unpaired) electrons. The number of anilines is 1. The SMILES string of the molecule is Cc1nc(CSc2cccc(N)c2)no1. The van der Waals surface area contributed by atoms with Gasteiger partial charge in [0.1, 0.15) is 0 Å². The second kappa shape index (κ2) is 4.35. The Labute approximate surface area is 91.9 Å². The molecule has 0 bridgehead atoms. The van der Waals surface area contributed by atoms with Crippen LogP contribution in [0.4, 0.5) is 5.69 Å². The summed E-state index contributed by atoms with van der Waals surface area (Å²) in [6, 6.07) is 7.73. The van der Waals surface area contributed by atoms with E-state index in [4.69, 9.17) is 10.3 Å². The zero-order valence-corrected chi connectivity index (χ0v) is 9.12. The van der Waals surface area contributed by atoms with Crippen molar-refractivity contribution in [2.45, 2.75) is 17.6 Å². The lowest BCUT2D eigenvalue weighted by Crippen LogP contribution is -1.86. The van der Waals surface area contributed by atoms with E-state index in [1.807, 2.05) is 24.3 Å². The quantitative estimate of drug-likeness (QED) is 0.636. The molecule has 0 atom stereocenters. The molecule has 0 amide bonds. The van der Waals surface area contributed by atoms with Crippen molar-refractivity contribution in [2.24, 2.45) is 0 Å². The summed E-state index contributed by atoms with van der Waals surface area (Å²) in [7, 11) is 0. The van der Waals surface area contributed by atoms with Crippen LogP contribution in [0, 0.1) is 6.92 Å². The molecule has 2 rings (SSSR count). The minimum Gasteiger partial charge on any atom is -0.399 e. The summed E-state index contributed by atoms with van der Waals surface area (Å²) in [6.07, 6.45) is 0. The highest BCUT2D eigenvalue weighted by Crippen LogP contribution is 2.22. The van der Waals surface area contributed by atoms with Crippen molar-refractivity contribution < 1.29 is 4.52 Å². The van der Waals surface area contributed by atoms with Crippen molar-refractivity contribution in [3.63, 3.8) is 0 Å². The molecule has 0 saturated heterocycles. The van der Waals surface area contributed by atoms with E-state index in [9.17, 15) is 0 Å². The van der Waals surface area contributed by atoms with Gasteiger partial charge >= 0.3 is 0 Å². The van der Waals surface area contributed by atoms with Crippen LogP contribution in [-0.4, -0.2) is 10.1 Å². The molecule has 15 heavy (non-hydrogen) atoms. The van der Waals surface area contributed by atoms with Crippen LogP contribution in [0.3, 0.4) is 0 Å². The minimum absolute atomic E-state index is 0.596. The summed E-state index contributed by atoms with van der Waals surface area (Å²) in [4.78, 5) is 5.23. The van der Waals surface area contributed by atoms with Crippen LogP contribution >= 0.6 is 11.8 Å². The van der Waals surface area contributed by atoms with Crippen LogP contribution in [0.2, 0.25) is 0 Å². The fourth-order valence-corrected chi connectivity index (χ4v) is 1.96. The average molecular weight is 221 g/mol. The second-order valence-corrected chi connectivity index (χ2v) is 4.14. The van der Waals surface area contributed by atoms with Gasteiger partial charge in [-0.05, 0) is 18.2 Å². The zero-order valence-electron chi connectivity index (χ0n) is 8.30. The molecule has 1 heterocycles. The van der Waals surface area contributed by atoms with Crippen molar-refractivity contribution in [1.29, 1.82) is 0 Å². The van der Waals surface area contributed by atoms with Gasteiger partial charge in [0.25, 0.3) is 0 Å². The monoisotopic (exact) mass is 221 g/mol. The Balaban J connectivity index is 1.99. The van der Waals surface area contributed by atoms with Gasteiger partial charge in [-0.2, -0.15) is 4.98 Å². The average Bonchev–Trinajstić information content (AvgIpc) is 2.62. The van der Waals surface area contributed by atoms with E-state index < -0.39 is 0 Å². The Bertz CT molecular complexity index is 455. The molecule has 0 fully saturated rings. The molecular weight excluding hydrogens is 210 g/mol. The predicted molar refractivity (Wildman–Crippen MR) is 59.5 cm³/mol. The molecule has 0 saturated carbocycles. The molecule has 4 nitrogen and oxygen atoms in total. The molecule has 0 spiro atoms. The van der Waals surface area contributed by atoms with Gasteiger partial charge < -0.3 is 10.3 Å². The van der Waals surface area contributed by atoms with E-state index in [0.29, 0.717) is 17.5 Å². The standard InChI is InChI=1S/C10H11N3OS/c1-7-12-10(13-14-7)6-15-9-4-2-3-8(11)5-9/h2-5H,6,11H2,1H3. The largest absolute Gasteiger partial charge is 0.399 e. The van der Waals surface area contributed by atoms with Crippen molar-refractivity contribution in [1.82, 2.24) is 10.1 Å². The molecule has 78 valence electrons. The first kappa shape index (κ1) is 10.0. The topological polar surface area (TPSA) is 64.9 Å². The minimum atomic E-state index is 0.596. The summed E-state index contributed by atoms with van der Waals surface area (Å²) in [5.74, 6) is 2.00. The Hall–Kier alpha value is -1.49. The summed E-state index contributed by atoms with van der Waals surface area (Å²) in [6.45, 7) is 1.78. The summed E-state index contributed by atoms with van der Waals surface area (Å²) in [5.41, 5.74) is 6.44. The fraction of sp³-hybridized carbons (Fsp3) is 0.200. The molecule has 5 heteroatoms. The molecular formula is C10H11N3OS. The number of nitrogen functional groups attached to an aromatic ring is 1. The Morgan fingerprint density at radius 3 is 3.00 bits per heavy atom. The van der Waals surface area contributed by atoms with Crippen LogP contribution in [-0.2, 0) is 5.75 Å². The maximum absolute atomic E-state index is 5.67. The van der Waals surface area contributed by atoms with E-state index in [2.05, 4.69) is 10.1 Å². The van der Waals surface area contributed by atoms with Gasteiger partial charge in [-0.25, -0.2) is 0 Å². The van der Waals surface area contributed by atoms with E-state index in [-0.39, 0.29) is 0 Å². The van der Waals surface area contributed by atoms with Gasteiger partial charge in [0.15, 0.2) is 5.82 Å². The number of nitrogens with zero attached hydrogens (tertiary/aromatic N) is 2. The Kier molecular flexibility index (Phi) is 2.91. The third-order valence-electron chi connectivity index (χ3n) is 1.80. The third kappa shape index (κ3) is 2.73. The van der Waals surface area contributed by atoms with Crippen LogP contribution < -0.4 is 5.73 Å². The third-order valence-corrected chi connectivity index (χ3v) is 2.79. The molecule has 2 N–H and O–H groups in total. The maximum Gasteiger partial charge on any atom is 0.223 e. The smallest absolute Gasteiger partial charge is 0.223 e. The van der Waals surface area contributed by atoms with Crippen molar-refractivity contribution in [2.75, 3.05) is 5.73 Å². The van der Waals surface area contributed by atoms with Crippen LogP contribution in [0.5, 0.6) is 0 Å². The van der Waals surface area contributed by atoms with E-state index >= 15 is 0 Å². The lowest BCUT2D eigenvalue weighted by molar-refractivity contribution is 0.389. The molecule has 1 aromatic carbocycles. The zero-order chi connectivity index (χ0) is 10.7. The normalized spacial score (nSPS) is 10.5. The maximum atomic E-state index is 5.67. The van der Waals surface area contributed by atoms with Gasteiger partial charge in [-0.3, -0.25) is 0 Å². The molecule has 2 aromatic rings. The van der Waals surface area contributed by atoms with E-state index in [1.165, 1.54) is 0 Å². The highest BCUT2D eigenvalue weighted by atomic mass is 32.2. The van der Waals surface area contributed by atoms with Crippen LogP contribution in [0.15, 0.2) is 33.7 Å². The van der Waals surface area contributed by atoms with E-state index in [0.717, 1.165) is 10.6 Å². The van der Waals surface area contributed by atoms with E-state index in [1.54, 1.807) is 18.7 Å². The van der Waals surface area contributed by atoms with Crippen LogP contribution in [0.1, 0.15) is 11.7 Å². The lowest BCUT2D eigenvalue weighted by Gasteiger charge is -1.99. The Morgan fingerprint density at radius 2 is 2.33 bits per heavy atom. The lowest BCUT2D eigenvalue weighted by atomic mass is 10.3. The first-order valence-corrected chi connectivity index (χ1v) is 5.50. The second-order valence-electron chi connectivity index (χ2n) is 3.09. The van der Waals surface area contributed by atoms with Gasteiger partial charge in [0.2, 0.25) is 5.89 Å². The number of aromatic nitrogens is 2. The van der Waals surface area contributed by atoms with Gasteiger partial charge in [-0.15, -0.1) is 11.8 Å². The number of hydrogen-bond donors (Lipinski definition) is 1. The van der Waals surface area contributed by atoms with Crippen molar-refractivity contribution >= 4 is 17.4 Å². The molecule has 0 aliphatic carbocycles. The number of hydrogen-bond acceptors (Lipinski definition) is 5. The molecule has 1 aromatic heterocycles. The van der Waals surface area contributed by atoms with Gasteiger partial charge in [-0.1, -0.05) is 11.2 Å². The molecule has 0 aliphatic rings. The van der Waals surface area contributed by atoms with Gasteiger partial charge in [0, 0.05) is 17.5 Å². The number of aryl methyl sites for hydroxylation is 1. The fourth-order valence-electron chi connectivity index (χ4n) is 1.15.